The number of rotatable bonds is 5. The molecule has 2 saturated heterocycles. The molecule has 0 radical (unpaired) electrons. The number of hydrogen-bond acceptors (Lipinski definition) is 4. The smallest absolute Gasteiger partial charge is 0.241 e. The molecule has 2 aliphatic rings. The summed E-state index contributed by atoms with van der Waals surface area (Å²) in [5.74, 6) is 1.08. The van der Waals surface area contributed by atoms with Gasteiger partial charge in [-0.3, -0.25) is 10.1 Å². The van der Waals surface area contributed by atoms with E-state index in [1.807, 2.05) is 4.90 Å². The third-order valence-electron chi connectivity index (χ3n) is 4.47. The van der Waals surface area contributed by atoms with E-state index in [9.17, 15) is 13.2 Å². The molecule has 0 bridgehead atoms. The van der Waals surface area contributed by atoms with Crippen molar-refractivity contribution in [3.8, 4) is 0 Å². The van der Waals surface area contributed by atoms with E-state index in [-0.39, 0.29) is 35.7 Å². The minimum absolute atomic E-state index is 0.0806. The number of sulfone groups is 1. The molecule has 21 heavy (non-hydrogen) atoms. The lowest BCUT2D eigenvalue weighted by Crippen LogP contribution is -2.48. The van der Waals surface area contributed by atoms with E-state index >= 15 is 0 Å². The fourth-order valence-electron chi connectivity index (χ4n) is 3.44. The number of hydrogen-bond donors (Lipinski definition) is 1. The van der Waals surface area contributed by atoms with Crippen LogP contribution in [0.3, 0.4) is 0 Å². The highest BCUT2D eigenvalue weighted by Gasteiger charge is 2.43. The van der Waals surface area contributed by atoms with Crippen LogP contribution in [0.4, 0.5) is 0 Å². The van der Waals surface area contributed by atoms with Gasteiger partial charge < -0.3 is 4.90 Å². The zero-order valence-electron chi connectivity index (χ0n) is 13.3. The first-order chi connectivity index (χ1) is 9.84. The molecule has 0 saturated carbocycles. The minimum atomic E-state index is -2.88. The summed E-state index contributed by atoms with van der Waals surface area (Å²) in [4.78, 5) is 14.7. The topological polar surface area (TPSA) is 66.5 Å². The van der Waals surface area contributed by atoms with Gasteiger partial charge in [-0.1, -0.05) is 27.2 Å². The van der Waals surface area contributed by atoms with Crippen LogP contribution in [-0.4, -0.2) is 49.0 Å². The van der Waals surface area contributed by atoms with Gasteiger partial charge in [0.15, 0.2) is 0 Å². The number of amides is 1. The lowest BCUT2D eigenvalue weighted by atomic mass is 10.0. The third kappa shape index (κ3) is 3.97. The molecule has 1 N–H and O–H groups in total. The zero-order valence-corrected chi connectivity index (χ0v) is 14.2. The number of carbonyl (C=O) groups excluding carboxylic acids is 1. The van der Waals surface area contributed by atoms with Crippen molar-refractivity contribution in [3.63, 3.8) is 0 Å². The van der Waals surface area contributed by atoms with E-state index in [1.165, 1.54) is 0 Å². The highest BCUT2D eigenvalue weighted by Crippen LogP contribution is 2.27. The Morgan fingerprint density at radius 3 is 2.43 bits per heavy atom. The Bertz CT molecular complexity index is 461. The fraction of sp³-hybridized carbons (Fsp3) is 0.933. The summed E-state index contributed by atoms with van der Waals surface area (Å²) in [6.07, 6.45) is 4.05. The first-order valence-electron chi connectivity index (χ1n) is 8.12. The van der Waals surface area contributed by atoms with Crippen molar-refractivity contribution in [1.29, 1.82) is 0 Å². The Morgan fingerprint density at radius 2 is 1.90 bits per heavy atom. The van der Waals surface area contributed by atoms with Crippen LogP contribution >= 0.6 is 0 Å². The Balaban J connectivity index is 2.09. The fourth-order valence-corrected chi connectivity index (χ4v) is 4.91. The van der Waals surface area contributed by atoms with Gasteiger partial charge in [-0.05, 0) is 31.6 Å². The van der Waals surface area contributed by atoms with Gasteiger partial charge in [-0.15, -0.1) is 0 Å². The zero-order chi connectivity index (χ0) is 15.6. The highest BCUT2D eigenvalue weighted by molar-refractivity contribution is 7.91. The van der Waals surface area contributed by atoms with Crippen LogP contribution in [-0.2, 0) is 14.6 Å². The Morgan fingerprint density at radius 1 is 1.29 bits per heavy atom. The van der Waals surface area contributed by atoms with Crippen LogP contribution in [0.2, 0.25) is 0 Å². The summed E-state index contributed by atoms with van der Waals surface area (Å²) in [6, 6.07) is -0.0117. The molecule has 2 rings (SSSR count). The predicted molar refractivity (Wildman–Crippen MR) is 83.6 cm³/mol. The van der Waals surface area contributed by atoms with E-state index in [2.05, 4.69) is 26.1 Å². The molecular weight excluding hydrogens is 288 g/mol. The standard InChI is InChI=1S/C15H28N2O3S/c1-4-5-14-16-13(10-11(2)3)15(18)17(14)12-6-8-21(19,20)9-7-12/h11-14,16H,4-10H2,1-3H3. The second-order valence-corrected chi connectivity index (χ2v) is 9.09. The average molecular weight is 316 g/mol. The Hall–Kier alpha value is -0.620. The maximum atomic E-state index is 12.7. The molecule has 2 unspecified atom stereocenters. The molecule has 6 heteroatoms. The molecular formula is C15H28N2O3S. The predicted octanol–water partition coefficient (Wildman–Crippen LogP) is 1.54. The molecule has 2 aliphatic heterocycles. The summed E-state index contributed by atoms with van der Waals surface area (Å²) < 4.78 is 23.2. The largest absolute Gasteiger partial charge is 0.323 e. The minimum Gasteiger partial charge on any atom is -0.323 e. The quantitative estimate of drug-likeness (QED) is 0.835. The van der Waals surface area contributed by atoms with Gasteiger partial charge in [0, 0.05) is 6.04 Å². The van der Waals surface area contributed by atoms with Gasteiger partial charge in [0.1, 0.15) is 9.84 Å². The maximum Gasteiger partial charge on any atom is 0.241 e. The summed E-state index contributed by atoms with van der Waals surface area (Å²) in [5.41, 5.74) is 0. The van der Waals surface area contributed by atoms with E-state index in [0.29, 0.717) is 18.8 Å². The summed E-state index contributed by atoms with van der Waals surface area (Å²) in [7, 11) is -2.88. The lowest BCUT2D eigenvalue weighted by molar-refractivity contribution is -0.132. The molecule has 2 heterocycles. The van der Waals surface area contributed by atoms with E-state index in [4.69, 9.17) is 0 Å². The van der Waals surface area contributed by atoms with Crippen molar-refractivity contribution in [2.45, 2.75) is 71.1 Å². The normalized spacial score (nSPS) is 30.3. The van der Waals surface area contributed by atoms with Crippen molar-refractivity contribution in [2.24, 2.45) is 5.92 Å². The van der Waals surface area contributed by atoms with E-state index in [1.54, 1.807) is 0 Å². The summed E-state index contributed by atoms with van der Waals surface area (Å²) in [6.45, 7) is 6.37. The van der Waals surface area contributed by atoms with Crippen molar-refractivity contribution in [3.05, 3.63) is 0 Å². The van der Waals surface area contributed by atoms with Crippen LogP contribution in [0.15, 0.2) is 0 Å². The number of nitrogens with one attached hydrogen (secondary N) is 1. The third-order valence-corrected chi connectivity index (χ3v) is 6.18. The molecule has 0 aromatic heterocycles. The highest BCUT2D eigenvalue weighted by atomic mass is 32.2. The molecule has 1 amide bonds. The van der Waals surface area contributed by atoms with Crippen molar-refractivity contribution < 1.29 is 13.2 Å². The second-order valence-electron chi connectivity index (χ2n) is 6.78. The Kier molecular flexibility index (Phi) is 5.30. The number of carbonyl (C=O) groups is 1. The van der Waals surface area contributed by atoms with Crippen LogP contribution in [0.25, 0.3) is 0 Å². The summed E-state index contributed by atoms with van der Waals surface area (Å²) in [5, 5.41) is 3.47. The van der Waals surface area contributed by atoms with Gasteiger partial charge in [-0.25, -0.2) is 8.42 Å². The van der Waals surface area contributed by atoms with E-state index < -0.39 is 9.84 Å². The first-order valence-corrected chi connectivity index (χ1v) is 9.95. The molecule has 0 aromatic rings. The molecule has 0 aromatic carbocycles. The SMILES string of the molecule is CCCC1NC(CC(C)C)C(=O)N1C1CCS(=O)(=O)CC1. The summed E-state index contributed by atoms with van der Waals surface area (Å²) >= 11 is 0. The van der Waals surface area contributed by atoms with Gasteiger partial charge in [0.05, 0.1) is 23.7 Å². The second kappa shape index (κ2) is 6.65. The van der Waals surface area contributed by atoms with E-state index in [0.717, 1.165) is 19.3 Å². The van der Waals surface area contributed by atoms with Crippen LogP contribution < -0.4 is 5.32 Å². The van der Waals surface area contributed by atoms with Crippen LogP contribution in [0.5, 0.6) is 0 Å². The maximum absolute atomic E-state index is 12.7. The Labute approximate surface area is 128 Å². The lowest BCUT2D eigenvalue weighted by Gasteiger charge is -2.35. The number of nitrogens with zero attached hydrogens (tertiary/aromatic N) is 1. The molecule has 122 valence electrons. The van der Waals surface area contributed by atoms with Crippen molar-refractivity contribution in [2.75, 3.05) is 11.5 Å². The van der Waals surface area contributed by atoms with Gasteiger partial charge in [0.2, 0.25) is 5.91 Å². The van der Waals surface area contributed by atoms with Crippen LogP contribution in [0.1, 0.15) is 52.9 Å². The van der Waals surface area contributed by atoms with Crippen molar-refractivity contribution >= 4 is 15.7 Å². The van der Waals surface area contributed by atoms with Crippen molar-refractivity contribution in [1.82, 2.24) is 10.2 Å². The molecule has 2 atom stereocenters. The van der Waals surface area contributed by atoms with Gasteiger partial charge in [0.25, 0.3) is 0 Å². The first kappa shape index (κ1) is 16.7. The van der Waals surface area contributed by atoms with Crippen LogP contribution in [0, 0.1) is 5.92 Å². The average Bonchev–Trinajstić information content (AvgIpc) is 2.67. The molecule has 0 aliphatic carbocycles. The van der Waals surface area contributed by atoms with Gasteiger partial charge >= 0.3 is 0 Å². The molecule has 5 nitrogen and oxygen atoms in total. The molecule has 0 spiro atoms. The molecule has 2 fully saturated rings. The monoisotopic (exact) mass is 316 g/mol. The van der Waals surface area contributed by atoms with Gasteiger partial charge in [-0.2, -0.15) is 0 Å².